The lowest BCUT2D eigenvalue weighted by Crippen LogP contribution is -2.34. The smallest absolute Gasteiger partial charge is 0.255 e. The van der Waals surface area contributed by atoms with E-state index in [2.05, 4.69) is 5.10 Å². The molecule has 0 N–H and O–H groups in total. The van der Waals surface area contributed by atoms with Gasteiger partial charge in [0.15, 0.2) is 0 Å². The number of pyridine rings is 1. The second kappa shape index (κ2) is 6.62. The summed E-state index contributed by atoms with van der Waals surface area (Å²) in [4.78, 5) is 26.5. The fourth-order valence-electron chi connectivity index (χ4n) is 2.26. The van der Waals surface area contributed by atoms with Crippen molar-refractivity contribution in [2.45, 2.75) is 0 Å². The molecule has 6 nitrogen and oxygen atoms in total. The van der Waals surface area contributed by atoms with Crippen molar-refractivity contribution >= 4 is 27.5 Å². The molecule has 2 aromatic rings. The van der Waals surface area contributed by atoms with Crippen LogP contribution in [0.25, 0.3) is 5.69 Å². The normalized spacial score (nSPS) is 15.6. The molecule has 0 atom stereocenters. The molecule has 1 aliphatic heterocycles. The number of nitrogens with zero attached hydrogens (tertiary/aromatic N) is 4. The molecule has 116 valence electrons. The Balaban J connectivity index is 1.91. The van der Waals surface area contributed by atoms with Gasteiger partial charge in [-0.05, 0) is 6.07 Å². The Hall–Kier alpha value is -1.67. The van der Waals surface area contributed by atoms with Gasteiger partial charge in [-0.25, -0.2) is 0 Å². The molecule has 22 heavy (non-hydrogen) atoms. The van der Waals surface area contributed by atoms with E-state index in [1.807, 2.05) is 4.90 Å². The Morgan fingerprint density at radius 1 is 1.18 bits per heavy atom. The van der Waals surface area contributed by atoms with Crippen LogP contribution in [0.1, 0.15) is 10.4 Å². The predicted octanol–water partition coefficient (Wildman–Crippen LogP) is 1.41. The summed E-state index contributed by atoms with van der Waals surface area (Å²) in [6, 6.07) is 3.03. The van der Waals surface area contributed by atoms with E-state index < -0.39 is 0 Å². The zero-order valence-electron chi connectivity index (χ0n) is 12.1. The molecule has 0 saturated carbocycles. The van der Waals surface area contributed by atoms with Crippen LogP contribution in [0, 0.1) is 0 Å². The van der Waals surface area contributed by atoms with E-state index in [4.69, 9.17) is 0 Å². The zero-order valence-corrected chi connectivity index (χ0v) is 13.8. The van der Waals surface area contributed by atoms with Crippen molar-refractivity contribution in [2.75, 3.05) is 24.6 Å². The van der Waals surface area contributed by atoms with Crippen LogP contribution in [0.4, 0.5) is 0 Å². The quantitative estimate of drug-likeness (QED) is 0.776. The molecule has 3 rings (SSSR count). The monoisotopic (exact) mass is 336 g/mol. The summed E-state index contributed by atoms with van der Waals surface area (Å²) < 4.78 is 3.08. The molecule has 0 spiro atoms. The summed E-state index contributed by atoms with van der Waals surface area (Å²) in [6.07, 6.45) is 4.95. The molecule has 8 heteroatoms. The topological polar surface area (TPSA) is 60.1 Å². The summed E-state index contributed by atoms with van der Waals surface area (Å²) in [5.41, 5.74) is 1.01. The van der Waals surface area contributed by atoms with E-state index in [0.717, 1.165) is 24.6 Å². The first-order valence-corrected chi connectivity index (χ1v) is 9.39. The van der Waals surface area contributed by atoms with Gasteiger partial charge < -0.3 is 4.90 Å². The lowest BCUT2D eigenvalue weighted by molar-refractivity contribution is 0.0776. The third kappa shape index (κ3) is 3.22. The molecule has 0 aromatic carbocycles. The highest BCUT2D eigenvalue weighted by molar-refractivity contribution is 8.76. The molecule has 0 unspecified atom stereocenters. The van der Waals surface area contributed by atoms with Gasteiger partial charge in [0, 0.05) is 50.1 Å². The number of amides is 1. The fourth-order valence-corrected chi connectivity index (χ4v) is 4.24. The van der Waals surface area contributed by atoms with Gasteiger partial charge in [-0.15, -0.1) is 0 Å². The Morgan fingerprint density at radius 2 is 1.91 bits per heavy atom. The predicted molar refractivity (Wildman–Crippen MR) is 89.6 cm³/mol. The van der Waals surface area contributed by atoms with Crippen molar-refractivity contribution in [1.29, 1.82) is 0 Å². The first-order chi connectivity index (χ1) is 10.6. The van der Waals surface area contributed by atoms with Gasteiger partial charge in [-0.2, -0.15) is 5.10 Å². The Bertz CT molecular complexity index is 732. The van der Waals surface area contributed by atoms with E-state index >= 15 is 0 Å². The van der Waals surface area contributed by atoms with E-state index in [-0.39, 0.29) is 11.5 Å². The molecular formula is C14H16N4O2S2. The standard InChI is InChI=1S/C14H16N4O2S2/c1-16-10-12(8-15-16)18-9-11(2-3-13(18)19)14(20)17-4-6-21-22-7-5-17/h2-3,8-10H,4-7H2,1H3. The van der Waals surface area contributed by atoms with Crippen molar-refractivity contribution in [1.82, 2.24) is 19.2 Å². The average Bonchev–Trinajstić information content (AvgIpc) is 2.78. The molecule has 3 heterocycles. The van der Waals surface area contributed by atoms with E-state index in [1.54, 1.807) is 58.0 Å². The van der Waals surface area contributed by atoms with Gasteiger partial charge in [0.05, 0.1) is 17.4 Å². The number of carbonyl (C=O) groups excluding carboxylic acids is 1. The van der Waals surface area contributed by atoms with Gasteiger partial charge >= 0.3 is 0 Å². The van der Waals surface area contributed by atoms with Crippen LogP contribution in [-0.2, 0) is 7.05 Å². The Morgan fingerprint density at radius 3 is 2.55 bits per heavy atom. The Labute approximate surface area is 135 Å². The number of aromatic nitrogens is 3. The Kier molecular flexibility index (Phi) is 4.58. The molecule has 1 fully saturated rings. The van der Waals surface area contributed by atoms with Crippen LogP contribution in [0.15, 0.2) is 35.5 Å². The molecule has 0 aliphatic carbocycles. The highest BCUT2D eigenvalue weighted by atomic mass is 33.1. The summed E-state index contributed by atoms with van der Waals surface area (Å²) in [6.45, 7) is 1.48. The lowest BCUT2D eigenvalue weighted by atomic mass is 10.2. The van der Waals surface area contributed by atoms with E-state index in [0.29, 0.717) is 11.3 Å². The van der Waals surface area contributed by atoms with Crippen LogP contribution in [0.5, 0.6) is 0 Å². The highest BCUT2D eigenvalue weighted by Crippen LogP contribution is 2.24. The van der Waals surface area contributed by atoms with Gasteiger partial charge in [0.25, 0.3) is 11.5 Å². The van der Waals surface area contributed by atoms with Crippen molar-refractivity contribution in [3.63, 3.8) is 0 Å². The number of aryl methyl sites for hydroxylation is 1. The van der Waals surface area contributed by atoms with Crippen LogP contribution in [0.2, 0.25) is 0 Å². The van der Waals surface area contributed by atoms with Crippen LogP contribution in [-0.4, -0.2) is 49.7 Å². The highest BCUT2D eigenvalue weighted by Gasteiger charge is 2.18. The maximum absolute atomic E-state index is 12.6. The zero-order chi connectivity index (χ0) is 15.5. The molecule has 1 saturated heterocycles. The minimum atomic E-state index is -0.175. The van der Waals surface area contributed by atoms with Crippen molar-refractivity contribution in [2.24, 2.45) is 7.05 Å². The first kappa shape index (κ1) is 15.2. The second-order valence-corrected chi connectivity index (χ2v) is 7.64. The van der Waals surface area contributed by atoms with Gasteiger partial charge in [0.2, 0.25) is 0 Å². The first-order valence-electron chi connectivity index (χ1n) is 6.90. The molecule has 2 aromatic heterocycles. The van der Waals surface area contributed by atoms with Crippen LogP contribution in [0.3, 0.4) is 0 Å². The average molecular weight is 336 g/mol. The SMILES string of the molecule is Cn1cc(-n2cc(C(=O)N3CCSSCC3)ccc2=O)cn1. The number of hydrogen-bond donors (Lipinski definition) is 0. The van der Waals surface area contributed by atoms with Crippen LogP contribution >= 0.6 is 21.6 Å². The molecule has 1 amide bonds. The number of hydrogen-bond acceptors (Lipinski definition) is 5. The minimum Gasteiger partial charge on any atom is -0.337 e. The van der Waals surface area contributed by atoms with Crippen molar-refractivity contribution in [3.8, 4) is 5.69 Å². The van der Waals surface area contributed by atoms with Gasteiger partial charge in [0.1, 0.15) is 0 Å². The maximum atomic E-state index is 12.6. The van der Waals surface area contributed by atoms with Crippen molar-refractivity contribution < 1.29 is 4.79 Å². The largest absolute Gasteiger partial charge is 0.337 e. The number of rotatable bonds is 2. The van der Waals surface area contributed by atoms with Gasteiger partial charge in [-0.3, -0.25) is 18.8 Å². The van der Waals surface area contributed by atoms with E-state index in [9.17, 15) is 9.59 Å². The third-order valence-electron chi connectivity index (χ3n) is 3.39. The summed E-state index contributed by atoms with van der Waals surface area (Å²) >= 11 is 0. The van der Waals surface area contributed by atoms with E-state index in [1.165, 1.54) is 10.6 Å². The minimum absolute atomic E-state index is 0.0271. The summed E-state index contributed by atoms with van der Waals surface area (Å²) in [7, 11) is 5.38. The summed E-state index contributed by atoms with van der Waals surface area (Å²) in [5, 5.41) is 4.07. The fraction of sp³-hybridized carbons (Fsp3) is 0.357. The van der Waals surface area contributed by atoms with Crippen molar-refractivity contribution in [3.05, 3.63) is 46.6 Å². The molecule has 1 aliphatic rings. The lowest BCUT2D eigenvalue weighted by Gasteiger charge is -2.19. The number of carbonyl (C=O) groups is 1. The maximum Gasteiger partial charge on any atom is 0.255 e. The van der Waals surface area contributed by atoms with Crippen LogP contribution < -0.4 is 5.56 Å². The second-order valence-electron chi connectivity index (χ2n) is 4.93. The van der Waals surface area contributed by atoms with Gasteiger partial charge in [-0.1, -0.05) is 21.6 Å². The summed E-state index contributed by atoms with van der Waals surface area (Å²) in [5.74, 6) is 1.83. The molecular weight excluding hydrogens is 320 g/mol. The molecule has 0 bridgehead atoms. The molecule has 0 radical (unpaired) electrons. The third-order valence-corrected chi connectivity index (χ3v) is 5.75.